The first-order valence-electron chi connectivity index (χ1n) is 7.14. The minimum atomic E-state index is 0.484. The van der Waals surface area contributed by atoms with Crippen molar-refractivity contribution >= 4 is 22.6 Å². The lowest BCUT2D eigenvalue weighted by Gasteiger charge is -2.10. The second kappa shape index (κ2) is 6.42. The molecule has 0 aliphatic heterocycles. The zero-order valence-corrected chi connectivity index (χ0v) is 12.9. The number of imidazole rings is 1. The molecule has 0 N–H and O–H groups in total. The minimum Gasteiger partial charge on any atom is -0.327 e. The maximum Gasteiger partial charge on any atom is 0.124 e. The molecule has 0 saturated carbocycles. The SMILES string of the molecule is Cc1cccc2nc(CCl)n(CCCCC(C)C)c12. The highest BCUT2D eigenvalue weighted by Crippen LogP contribution is 2.22. The quantitative estimate of drug-likeness (QED) is 0.542. The van der Waals surface area contributed by atoms with Crippen LogP contribution >= 0.6 is 11.6 Å². The number of benzene rings is 1. The van der Waals surface area contributed by atoms with Gasteiger partial charge in [-0.2, -0.15) is 0 Å². The van der Waals surface area contributed by atoms with Crippen LogP contribution in [-0.4, -0.2) is 9.55 Å². The van der Waals surface area contributed by atoms with Crippen molar-refractivity contribution in [1.29, 1.82) is 0 Å². The molecule has 0 radical (unpaired) electrons. The van der Waals surface area contributed by atoms with Crippen LogP contribution in [0.3, 0.4) is 0 Å². The van der Waals surface area contributed by atoms with E-state index in [0.29, 0.717) is 5.88 Å². The maximum atomic E-state index is 6.04. The third-order valence-corrected chi connectivity index (χ3v) is 3.82. The number of alkyl halides is 1. The van der Waals surface area contributed by atoms with Crippen molar-refractivity contribution in [1.82, 2.24) is 9.55 Å². The topological polar surface area (TPSA) is 17.8 Å². The number of hydrogen-bond donors (Lipinski definition) is 0. The smallest absolute Gasteiger partial charge is 0.124 e. The van der Waals surface area contributed by atoms with E-state index < -0.39 is 0 Å². The van der Waals surface area contributed by atoms with Gasteiger partial charge in [0, 0.05) is 6.54 Å². The van der Waals surface area contributed by atoms with Crippen molar-refractivity contribution in [3.05, 3.63) is 29.6 Å². The molecular formula is C16H23ClN2. The van der Waals surface area contributed by atoms with Gasteiger partial charge in [0.05, 0.1) is 16.9 Å². The summed E-state index contributed by atoms with van der Waals surface area (Å²) in [5.41, 5.74) is 3.60. The highest BCUT2D eigenvalue weighted by Gasteiger charge is 2.11. The molecule has 0 atom stereocenters. The van der Waals surface area contributed by atoms with Crippen molar-refractivity contribution in [3.63, 3.8) is 0 Å². The highest BCUT2D eigenvalue weighted by molar-refractivity contribution is 6.16. The first-order chi connectivity index (χ1) is 9.13. The molecule has 1 aromatic carbocycles. The van der Waals surface area contributed by atoms with Gasteiger partial charge in [-0.25, -0.2) is 4.98 Å². The van der Waals surface area contributed by atoms with Crippen LogP contribution in [0.15, 0.2) is 18.2 Å². The Morgan fingerprint density at radius 3 is 2.74 bits per heavy atom. The second-order valence-electron chi connectivity index (χ2n) is 5.65. The fraction of sp³-hybridized carbons (Fsp3) is 0.562. The van der Waals surface area contributed by atoms with Gasteiger partial charge in [0.25, 0.3) is 0 Å². The number of halogens is 1. The number of hydrogen-bond acceptors (Lipinski definition) is 1. The van der Waals surface area contributed by atoms with E-state index in [2.05, 4.69) is 48.5 Å². The number of aromatic nitrogens is 2. The van der Waals surface area contributed by atoms with Gasteiger partial charge in [0.1, 0.15) is 5.82 Å². The third kappa shape index (κ3) is 3.30. The molecule has 104 valence electrons. The van der Waals surface area contributed by atoms with Gasteiger partial charge >= 0.3 is 0 Å². The Labute approximate surface area is 120 Å². The molecule has 1 aromatic heterocycles. The highest BCUT2D eigenvalue weighted by atomic mass is 35.5. The Kier molecular flexibility index (Phi) is 4.87. The van der Waals surface area contributed by atoms with E-state index in [9.17, 15) is 0 Å². The van der Waals surface area contributed by atoms with Crippen LogP contribution in [0.25, 0.3) is 11.0 Å². The fourth-order valence-corrected chi connectivity index (χ4v) is 2.78. The number of rotatable bonds is 6. The van der Waals surface area contributed by atoms with Crippen molar-refractivity contribution in [3.8, 4) is 0 Å². The summed E-state index contributed by atoms with van der Waals surface area (Å²) in [5, 5.41) is 0. The molecule has 1 heterocycles. The summed E-state index contributed by atoms with van der Waals surface area (Å²) >= 11 is 6.04. The lowest BCUT2D eigenvalue weighted by molar-refractivity contribution is 0.509. The monoisotopic (exact) mass is 278 g/mol. The van der Waals surface area contributed by atoms with Crippen LogP contribution in [-0.2, 0) is 12.4 Å². The van der Waals surface area contributed by atoms with Gasteiger partial charge in [0.2, 0.25) is 0 Å². The van der Waals surface area contributed by atoms with Crippen LogP contribution in [0.2, 0.25) is 0 Å². The van der Waals surface area contributed by atoms with Crippen molar-refractivity contribution in [2.24, 2.45) is 5.92 Å². The molecule has 3 heteroatoms. The standard InChI is InChI=1S/C16H23ClN2/c1-12(2)7-4-5-10-19-15(11-17)18-14-9-6-8-13(3)16(14)19/h6,8-9,12H,4-5,7,10-11H2,1-3H3. The molecule has 0 amide bonds. The average Bonchev–Trinajstić information content (AvgIpc) is 2.74. The Morgan fingerprint density at radius 1 is 1.26 bits per heavy atom. The molecule has 0 saturated heterocycles. The summed E-state index contributed by atoms with van der Waals surface area (Å²) in [5.74, 6) is 2.27. The van der Waals surface area contributed by atoms with Crippen LogP contribution in [0.4, 0.5) is 0 Å². The molecule has 0 aliphatic carbocycles. The van der Waals surface area contributed by atoms with Crippen molar-refractivity contribution < 1.29 is 0 Å². The van der Waals surface area contributed by atoms with Crippen LogP contribution < -0.4 is 0 Å². The summed E-state index contributed by atoms with van der Waals surface area (Å²) in [6.45, 7) is 7.73. The number of para-hydroxylation sites is 1. The van der Waals surface area contributed by atoms with E-state index in [1.165, 1.54) is 30.3 Å². The van der Waals surface area contributed by atoms with Gasteiger partial charge in [-0.3, -0.25) is 0 Å². The van der Waals surface area contributed by atoms with E-state index in [1.54, 1.807) is 0 Å². The van der Waals surface area contributed by atoms with Crippen LogP contribution in [0.1, 0.15) is 44.5 Å². The normalized spacial score (nSPS) is 11.6. The second-order valence-corrected chi connectivity index (χ2v) is 5.91. The van der Waals surface area contributed by atoms with E-state index in [1.807, 2.05) is 0 Å². The summed E-state index contributed by atoms with van der Waals surface area (Å²) in [6.07, 6.45) is 3.76. The molecular weight excluding hydrogens is 256 g/mol. The van der Waals surface area contributed by atoms with Crippen molar-refractivity contribution in [2.75, 3.05) is 0 Å². The third-order valence-electron chi connectivity index (χ3n) is 3.58. The van der Waals surface area contributed by atoms with Gasteiger partial charge in [-0.1, -0.05) is 38.8 Å². The summed E-state index contributed by atoms with van der Waals surface area (Å²) in [6, 6.07) is 6.28. The first kappa shape index (κ1) is 14.4. The number of fused-ring (bicyclic) bond motifs is 1. The van der Waals surface area contributed by atoms with E-state index >= 15 is 0 Å². The Hall–Kier alpha value is -1.02. The Balaban J connectivity index is 2.20. The minimum absolute atomic E-state index is 0.484. The molecule has 0 aliphatic rings. The molecule has 0 bridgehead atoms. The molecule has 2 aromatic rings. The molecule has 0 fully saturated rings. The fourth-order valence-electron chi connectivity index (χ4n) is 2.58. The molecule has 0 unspecified atom stereocenters. The van der Waals surface area contributed by atoms with E-state index in [-0.39, 0.29) is 0 Å². The summed E-state index contributed by atoms with van der Waals surface area (Å²) in [7, 11) is 0. The predicted octanol–water partition coefficient (Wildman–Crippen LogP) is 4.91. The maximum absolute atomic E-state index is 6.04. The lowest BCUT2D eigenvalue weighted by Crippen LogP contribution is -2.04. The predicted molar refractivity (Wildman–Crippen MR) is 82.7 cm³/mol. The number of unbranched alkanes of at least 4 members (excludes halogenated alkanes) is 1. The zero-order valence-electron chi connectivity index (χ0n) is 12.1. The molecule has 0 spiro atoms. The summed E-state index contributed by atoms with van der Waals surface area (Å²) in [4.78, 5) is 4.64. The van der Waals surface area contributed by atoms with Crippen LogP contribution in [0.5, 0.6) is 0 Å². The molecule has 2 rings (SSSR count). The van der Waals surface area contributed by atoms with Gasteiger partial charge < -0.3 is 4.57 Å². The van der Waals surface area contributed by atoms with Gasteiger partial charge in [-0.05, 0) is 30.9 Å². The summed E-state index contributed by atoms with van der Waals surface area (Å²) < 4.78 is 2.30. The van der Waals surface area contributed by atoms with Gasteiger partial charge in [-0.15, -0.1) is 11.6 Å². The number of aryl methyl sites for hydroxylation is 2. The van der Waals surface area contributed by atoms with Gasteiger partial charge in [0.15, 0.2) is 0 Å². The Bertz CT molecular complexity index is 543. The van der Waals surface area contributed by atoms with E-state index in [4.69, 9.17) is 11.6 Å². The Morgan fingerprint density at radius 2 is 2.05 bits per heavy atom. The zero-order chi connectivity index (χ0) is 13.8. The molecule has 19 heavy (non-hydrogen) atoms. The molecule has 2 nitrogen and oxygen atoms in total. The van der Waals surface area contributed by atoms with Crippen LogP contribution in [0, 0.1) is 12.8 Å². The average molecular weight is 279 g/mol. The largest absolute Gasteiger partial charge is 0.327 e. The first-order valence-corrected chi connectivity index (χ1v) is 7.67. The number of nitrogens with zero attached hydrogens (tertiary/aromatic N) is 2. The lowest BCUT2D eigenvalue weighted by atomic mass is 10.1. The van der Waals surface area contributed by atoms with Crippen molar-refractivity contribution in [2.45, 2.75) is 52.5 Å². The van der Waals surface area contributed by atoms with E-state index in [0.717, 1.165) is 23.8 Å².